The molecule has 11 heteroatoms. The van der Waals surface area contributed by atoms with Gasteiger partial charge >= 0.3 is 0 Å². The molecule has 11 nitrogen and oxygen atoms in total. The summed E-state index contributed by atoms with van der Waals surface area (Å²) in [4.78, 5) is 13.2. The van der Waals surface area contributed by atoms with Gasteiger partial charge in [0.1, 0.15) is 36.6 Å². The maximum Gasteiger partial charge on any atom is 0.249 e. The zero-order valence-corrected chi connectivity index (χ0v) is 45.3. The van der Waals surface area contributed by atoms with E-state index in [9.17, 15) is 40.5 Å². The average Bonchev–Trinajstić information content (AvgIpc) is 3.36. The van der Waals surface area contributed by atoms with E-state index >= 15 is 0 Å². The van der Waals surface area contributed by atoms with E-state index in [1.165, 1.54) is 193 Å². The predicted octanol–water partition coefficient (Wildman–Crippen LogP) is 12.5. The smallest absolute Gasteiger partial charge is 0.249 e. The van der Waals surface area contributed by atoms with Crippen molar-refractivity contribution in [3.8, 4) is 0 Å². The van der Waals surface area contributed by atoms with Gasteiger partial charge in [0.15, 0.2) is 6.29 Å². The Morgan fingerprint density at radius 1 is 0.486 bits per heavy atom. The summed E-state index contributed by atoms with van der Waals surface area (Å²) in [6.45, 7) is 3.47. The van der Waals surface area contributed by atoms with Gasteiger partial charge in [-0.2, -0.15) is 0 Å². The number of rotatable bonds is 51. The largest absolute Gasteiger partial charge is 0.394 e. The molecule has 0 aromatic heterocycles. The predicted molar refractivity (Wildman–Crippen MR) is 289 cm³/mol. The van der Waals surface area contributed by atoms with Gasteiger partial charge < -0.3 is 50.5 Å². The van der Waals surface area contributed by atoms with Crippen molar-refractivity contribution in [3.05, 3.63) is 24.3 Å². The molecule has 1 saturated heterocycles. The zero-order valence-electron chi connectivity index (χ0n) is 45.3. The maximum absolute atomic E-state index is 13.2. The molecule has 0 aromatic rings. The van der Waals surface area contributed by atoms with Gasteiger partial charge in [-0.1, -0.05) is 250 Å². The molecule has 0 spiro atoms. The molecule has 1 heterocycles. The van der Waals surface area contributed by atoms with Gasteiger partial charge in [-0.25, -0.2) is 0 Å². The van der Waals surface area contributed by atoms with Crippen LogP contribution >= 0.6 is 0 Å². The SMILES string of the molecule is CCCCCCCCCCCCCCCCC/C=C/CC/C=C/CCCC(O)C(O)C(COC1OC(CO)C(O)C(O)C1O)NC(=O)C(O)CCCCCCCCCCCCCCCCCCCCC. The van der Waals surface area contributed by atoms with E-state index in [-0.39, 0.29) is 12.8 Å². The highest BCUT2D eigenvalue weighted by Crippen LogP contribution is 2.23. The number of unbranched alkanes of at least 4 members (excludes halogenated alkanes) is 35. The van der Waals surface area contributed by atoms with E-state index in [1.807, 2.05) is 0 Å². The summed E-state index contributed by atoms with van der Waals surface area (Å²) in [7, 11) is 0. The number of nitrogens with one attached hydrogen (secondary N) is 1. The van der Waals surface area contributed by atoms with Crippen LogP contribution in [0.25, 0.3) is 0 Å². The highest BCUT2D eigenvalue weighted by Gasteiger charge is 2.44. The topological polar surface area (TPSA) is 189 Å². The summed E-state index contributed by atoms with van der Waals surface area (Å²) in [6, 6.07) is -1.19. The molecule has 0 saturated carbocycles. The second kappa shape index (κ2) is 48.5. The van der Waals surface area contributed by atoms with Crippen molar-refractivity contribution < 1.29 is 50.0 Å². The molecule has 0 bridgehead atoms. The summed E-state index contributed by atoms with van der Waals surface area (Å²) >= 11 is 0. The fourth-order valence-electron chi connectivity index (χ4n) is 9.64. The quantitative estimate of drug-likeness (QED) is 0.0215. The number of ether oxygens (including phenoxy) is 2. The number of hydrogen-bond donors (Lipinski definition) is 8. The van der Waals surface area contributed by atoms with Gasteiger partial charge in [-0.3, -0.25) is 4.79 Å². The van der Waals surface area contributed by atoms with E-state index in [1.54, 1.807) is 0 Å². The van der Waals surface area contributed by atoms with Crippen LogP contribution in [0.5, 0.6) is 0 Å². The lowest BCUT2D eigenvalue weighted by atomic mass is 9.98. The lowest BCUT2D eigenvalue weighted by Gasteiger charge is -2.40. The second-order valence-corrected chi connectivity index (χ2v) is 21.1. The zero-order chi connectivity index (χ0) is 51.1. The molecule has 1 aliphatic rings. The van der Waals surface area contributed by atoms with Gasteiger partial charge in [-0.05, 0) is 51.4 Å². The lowest BCUT2D eigenvalue weighted by Crippen LogP contribution is -2.60. The molecule has 1 rings (SSSR count). The first-order valence-corrected chi connectivity index (χ1v) is 29.7. The number of carbonyl (C=O) groups excluding carboxylic acids is 1. The van der Waals surface area contributed by atoms with Crippen molar-refractivity contribution in [1.29, 1.82) is 0 Å². The van der Waals surface area contributed by atoms with Gasteiger partial charge in [-0.15, -0.1) is 0 Å². The minimum atomic E-state index is -1.67. The van der Waals surface area contributed by atoms with Crippen LogP contribution in [-0.2, 0) is 14.3 Å². The van der Waals surface area contributed by atoms with Crippen molar-refractivity contribution in [3.63, 3.8) is 0 Å². The third kappa shape index (κ3) is 36.5. The minimum Gasteiger partial charge on any atom is -0.394 e. The molecule has 1 amide bonds. The van der Waals surface area contributed by atoms with Crippen LogP contribution in [-0.4, -0.2) is 110 Å². The Morgan fingerprint density at radius 3 is 1.27 bits per heavy atom. The molecule has 8 N–H and O–H groups in total. The Kier molecular flexibility index (Phi) is 46.2. The Bertz CT molecular complexity index is 1190. The fourth-order valence-corrected chi connectivity index (χ4v) is 9.64. The summed E-state index contributed by atoms with van der Waals surface area (Å²) < 4.78 is 11.1. The highest BCUT2D eigenvalue weighted by molar-refractivity contribution is 5.80. The maximum atomic E-state index is 13.2. The van der Waals surface area contributed by atoms with Gasteiger partial charge in [0, 0.05) is 0 Å². The molecule has 9 atom stereocenters. The first kappa shape index (κ1) is 66.6. The van der Waals surface area contributed by atoms with E-state index in [2.05, 4.69) is 43.5 Å². The fraction of sp³-hybridized carbons (Fsp3) is 0.915. The molecule has 0 aromatic carbocycles. The first-order valence-electron chi connectivity index (χ1n) is 29.7. The Labute approximate surface area is 429 Å². The normalized spacial score (nSPS) is 20.4. The average molecular weight is 997 g/mol. The third-order valence-electron chi connectivity index (χ3n) is 14.5. The summed E-state index contributed by atoms with van der Waals surface area (Å²) in [6.07, 6.45) is 46.6. The van der Waals surface area contributed by atoms with Crippen molar-refractivity contribution in [2.24, 2.45) is 0 Å². The van der Waals surface area contributed by atoms with Crippen LogP contribution in [0.3, 0.4) is 0 Å². The molecule has 9 unspecified atom stereocenters. The van der Waals surface area contributed by atoms with Crippen molar-refractivity contribution in [2.45, 2.75) is 332 Å². The summed E-state index contributed by atoms with van der Waals surface area (Å²) in [5.74, 6) is -0.706. The van der Waals surface area contributed by atoms with Crippen LogP contribution in [0.4, 0.5) is 0 Å². The first-order chi connectivity index (χ1) is 34.2. The number of aliphatic hydroxyl groups excluding tert-OH is 7. The Balaban J connectivity index is 2.33. The standard InChI is InChI=1S/C59H113NO10/c1-3-5-7-9-11-13-15-17-19-21-23-24-25-26-27-29-30-32-34-36-38-40-42-44-46-51(62)54(64)50(49-69-59-57(67)56(66)55(65)53(48-61)70-59)60-58(68)52(63)47-45-43-41-39-37-35-33-31-28-22-20-18-16-14-12-10-8-6-4-2/h30,32,38,40,50-57,59,61-67H,3-29,31,33-37,39,41-49H2,1-2H3,(H,60,68)/b32-30+,40-38+. The molecule has 70 heavy (non-hydrogen) atoms. The van der Waals surface area contributed by atoms with E-state index in [0.29, 0.717) is 19.3 Å². The summed E-state index contributed by atoms with van der Waals surface area (Å²) in [5.41, 5.74) is 0. The van der Waals surface area contributed by atoms with Crippen LogP contribution in [0, 0.1) is 0 Å². The molecule has 0 aliphatic carbocycles. The Hall–Kier alpha value is -1.41. The van der Waals surface area contributed by atoms with E-state index in [4.69, 9.17) is 9.47 Å². The molecule has 1 aliphatic heterocycles. The third-order valence-corrected chi connectivity index (χ3v) is 14.5. The highest BCUT2D eigenvalue weighted by atomic mass is 16.7. The monoisotopic (exact) mass is 996 g/mol. The van der Waals surface area contributed by atoms with E-state index in [0.717, 1.165) is 38.5 Å². The molecule has 1 fully saturated rings. The lowest BCUT2D eigenvalue weighted by molar-refractivity contribution is -0.303. The van der Waals surface area contributed by atoms with Gasteiger partial charge in [0.25, 0.3) is 0 Å². The Morgan fingerprint density at radius 2 is 0.857 bits per heavy atom. The van der Waals surface area contributed by atoms with Crippen molar-refractivity contribution in [2.75, 3.05) is 13.2 Å². The van der Waals surface area contributed by atoms with Crippen molar-refractivity contribution in [1.82, 2.24) is 5.32 Å². The van der Waals surface area contributed by atoms with Crippen molar-refractivity contribution >= 4 is 5.91 Å². The number of amides is 1. The second-order valence-electron chi connectivity index (χ2n) is 21.1. The molecule has 414 valence electrons. The van der Waals surface area contributed by atoms with Gasteiger partial charge in [0.2, 0.25) is 5.91 Å². The van der Waals surface area contributed by atoms with Crippen LogP contribution in [0.1, 0.15) is 277 Å². The summed E-state index contributed by atoms with van der Waals surface area (Å²) in [5, 5.41) is 76.1. The van der Waals surface area contributed by atoms with Gasteiger partial charge in [0.05, 0.1) is 25.4 Å². The van der Waals surface area contributed by atoms with Crippen LogP contribution < -0.4 is 5.32 Å². The number of allylic oxidation sites excluding steroid dienone is 4. The van der Waals surface area contributed by atoms with Crippen LogP contribution in [0.15, 0.2) is 24.3 Å². The van der Waals surface area contributed by atoms with Crippen LogP contribution in [0.2, 0.25) is 0 Å². The minimum absolute atomic E-state index is 0.249. The van der Waals surface area contributed by atoms with E-state index < -0.39 is 74.2 Å². The number of aliphatic hydroxyl groups is 7. The number of carbonyl (C=O) groups is 1. The molecular formula is C59H113NO10. The molecular weight excluding hydrogens is 883 g/mol. The number of hydrogen-bond acceptors (Lipinski definition) is 10. The molecule has 0 radical (unpaired) electrons.